The van der Waals surface area contributed by atoms with E-state index in [4.69, 9.17) is 10.1 Å². The zero-order valence-corrected chi connectivity index (χ0v) is 22.9. The molecular weight excluding hydrogens is 476 g/mol. The Labute approximate surface area is 215 Å². The van der Waals surface area contributed by atoms with E-state index >= 15 is 0 Å². The second-order valence-corrected chi connectivity index (χ2v) is 11.2. The van der Waals surface area contributed by atoms with Crippen molar-refractivity contribution >= 4 is 21.8 Å². The van der Waals surface area contributed by atoms with Gasteiger partial charge < -0.3 is 15.0 Å². The quantitative estimate of drug-likeness (QED) is 0.351. The van der Waals surface area contributed by atoms with Gasteiger partial charge in [0.1, 0.15) is 17.6 Å². The largest absolute Gasteiger partial charge is 0.496 e. The summed E-state index contributed by atoms with van der Waals surface area (Å²) in [6.07, 6.45) is 4.20. The maximum Gasteiger partial charge on any atom is 0.241 e. The third-order valence-electron chi connectivity index (χ3n) is 7.22. The molecule has 0 aliphatic heterocycles. The third-order valence-corrected chi connectivity index (χ3v) is 8.98. The van der Waals surface area contributed by atoms with Crippen molar-refractivity contribution < 1.29 is 17.9 Å². The molecule has 1 aliphatic rings. The number of nitrogens with zero attached hydrogens (tertiary/aromatic N) is 1. The van der Waals surface area contributed by atoms with Gasteiger partial charge in [0.15, 0.2) is 0 Å². The van der Waals surface area contributed by atoms with Crippen molar-refractivity contribution in [2.24, 2.45) is 0 Å². The van der Waals surface area contributed by atoms with Crippen LogP contribution in [0.5, 0.6) is 5.75 Å². The smallest absolute Gasteiger partial charge is 0.241 e. The lowest BCUT2D eigenvalue weighted by molar-refractivity contribution is -0.133. The minimum absolute atomic E-state index is 0.120. The molecule has 0 bridgehead atoms. The second-order valence-electron chi connectivity index (χ2n) is 9.56. The molecule has 1 saturated carbocycles. The maximum absolute atomic E-state index is 13.7. The van der Waals surface area contributed by atoms with E-state index in [9.17, 15) is 13.2 Å². The Morgan fingerprint density at radius 3 is 2.31 bits per heavy atom. The Hall–Kier alpha value is -2.91. The third kappa shape index (κ3) is 5.90. The van der Waals surface area contributed by atoms with Gasteiger partial charge in [0.05, 0.1) is 12.0 Å². The molecule has 0 spiro atoms. The van der Waals surface area contributed by atoms with Gasteiger partial charge in [-0.1, -0.05) is 37.1 Å². The van der Waals surface area contributed by atoms with Gasteiger partial charge in [-0.2, -0.15) is 4.72 Å². The summed E-state index contributed by atoms with van der Waals surface area (Å²) in [4.78, 5) is 15.5. The average Bonchev–Trinajstić information content (AvgIpc) is 3.39. The number of carbonyl (C=O) groups excluding carboxylic acids is 1. The van der Waals surface area contributed by atoms with Crippen LogP contribution in [0, 0.1) is 26.2 Å². The summed E-state index contributed by atoms with van der Waals surface area (Å²) in [6, 6.07) is 8.14. The molecule has 0 saturated heterocycles. The Balaban J connectivity index is 1.96. The van der Waals surface area contributed by atoms with Crippen LogP contribution in [0.3, 0.4) is 0 Å². The van der Waals surface area contributed by atoms with Gasteiger partial charge in [0.2, 0.25) is 15.9 Å². The highest BCUT2D eigenvalue weighted by molar-refractivity contribution is 7.89. The zero-order chi connectivity index (χ0) is 26.6. The molecule has 3 rings (SSSR count). The molecule has 0 radical (unpaired) electrons. The number of hydrogen-bond donors (Lipinski definition) is 3. The highest BCUT2D eigenvalue weighted by Crippen LogP contribution is 2.31. The number of amidine groups is 1. The lowest BCUT2D eigenvalue weighted by Gasteiger charge is -2.29. The fourth-order valence-corrected chi connectivity index (χ4v) is 6.69. The maximum atomic E-state index is 13.7. The van der Waals surface area contributed by atoms with Crippen molar-refractivity contribution in [3.63, 3.8) is 0 Å². The SMILES string of the molecule is CNC(=N)c1ccc(C[C@H](NS(=O)(=O)c2c(C)cc(OC)c(C)c2C)C(=O)N(C)C2CCCC2)cc1. The van der Waals surface area contributed by atoms with Crippen molar-refractivity contribution in [2.75, 3.05) is 21.2 Å². The number of benzene rings is 2. The van der Waals surface area contributed by atoms with Crippen LogP contribution in [-0.2, 0) is 21.2 Å². The van der Waals surface area contributed by atoms with Gasteiger partial charge in [0, 0.05) is 25.7 Å². The Bertz CT molecular complexity index is 1220. The van der Waals surface area contributed by atoms with Crippen LogP contribution < -0.4 is 14.8 Å². The highest BCUT2D eigenvalue weighted by atomic mass is 32.2. The van der Waals surface area contributed by atoms with Gasteiger partial charge >= 0.3 is 0 Å². The van der Waals surface area contributed by atoms with E-state index in [1.165, 1.54) is 0 Å². The molecular formula is C27H38N4O4S. The molecule has 1 aliphatic carbocycles. The van der Waals surface area contributed by atoms with Crippen molar-refractivity contribution in [1.29, 1.82) is 5.41 Å². The van der Waals surface area contributed by atoms with Crippen LogP contribution in [0.15, 0.2) is 35.2 Å². The summed E-state index contributed by atoms with van der Waals surface area (Å²) in [7, 11) is 1.000. The fourth-order valence-electron chi connectivity index (χ4n) is 4.98. The van der Waals surface area contributed by atoms with E-state index in [0.29, 0.717) is 22.4 Å². The highest BCUT2D eigenvalue weighted by Gasteiger charge is 2.33. The summed E-state index contributed by atoms with van der Waals surface area (Å²) < 4.78 is 35.5. The number of likely N-dealkylation sites (N-methyl/N-ethyl adjacent to an activating group) is 1. The molecule has 196 valence electrons. The molecule has 0 unspecified atom stereocenters. The zero-order valence-electron chi connectivity index (χ0n) is 22.1. The number of ether oxygens (including phenoxy) is 1. The van der Waals surface area contributed by atoms with Crippen molar-refractivity contribution in [1.82, 2.24) is 14.9 Å². The molecule has 1 atom stereocenters. The number of rotatable bonds is 9. The van der Waals surface area contributed by atoms with Gasteiger partial charge in [-0.05, 0) is 68.4 Å². The summed E-state index contributed by atoms with van der Waals surface area (Å²) in [5.74, 6) is 0.680. The number of aryl methyl sites for hydroxylation is 1. The van der Waals surface area contributed by atoms with Crippen LogP contribution in [-0.4, -0.2) is 58.3 Å². The predicted octanol–water partition coefficient (Wildman–Crippen LogP) is 3.46. The average molecular weight is 515 g/mol. The molecule has 8 nitrogen and oxygen atoms in total. The molecule has 0 aromatic heterocycles. The number of methoxy groups -OCH3 is 1. The number of amides is 1. The van der Waals surface area contributed by atoms with Crippen LogP contribution in [0.2, 0.25) is 0 Å². The van der Waals surface area contributed by atoms with E-state index in [2.05, 4.69) is 10.0 Å². The Morgan fingerprint density at radius 1 is 1.14 bits per heavy atom. The molecule has 9 heteroatoms. The van der Waals surface area contributed by atoms with Gasteiger partial charge in [-0.25, -0.2) is 8.42 Å². The van der Waals surface area contributed by atoms with Crippen LogP contribution >= 0.6 is 0 Å². The lowest BCUT2D eigenvalue weighted by Crippen LogP contribution is -2.51. The van der Waals surface area contributed by atoms with Gasteiger partial charge in [0.25, 0.3) is 0 Å². The molecule has 2 aromatic rings. The van der Waals surface area contributed by atoms with Crippen molar-refractivity contribution in [2.45, 2.75) is 69.9 Å². The van der Waals surface area contributed by atoms with Gasteiger partial charge in [-0.15, -0.1) is 0 Å². The number of sulfonamides is 1. The normalized spacial score (nSPS) is 14.9. The summed E-state index contributed by atoms with van der Waals surface area (Å²) in [6.45, 7) is 5.32. The first-order valence-corrected chi connectivity index (χ1v) is 13.8. The molecule has 1 fully saturated rings. The van der Waals surface area contributed by atoms with Crippen molar-refractivity contribution in [3.05, 3.63) is 58.1 Å². The van der Waals surface area contributed by atoms with Crippen LogP contribution in [0.1, 0.15) is 53.5 Å². The molecule has 3 N–H and O–H groups in total. The van der Waals surface area contributed by atoms with E-state index in [0.717, 1.165) is 36.8 Å². The monoisotopic (exact) mass is 514 g/mol. The minimum Gasteiger partial charge on any atom is -0.496 e. The summed E-state index contributed by atoms with van der Waals surface area (Å²) in [5.41, 5.74) is 3.44. The first-order chi connectivity index (χ1) is 17.0. The lowest BCUT2D eigenvalue weighted by atomic mass is 10.0. The predicted molar refractivity (Wildman–Crippen MR) is 142 cm³/mol. The topological polar surface area (TPSA) is 112 Å². The molecule has 1 amide bonds. The Kier molecular flexibility index (Phi) is 8.79. The first-order valence-electron chi connectivity index (χ1n) is 12.3. The van der Waals surface area contributed by atoms with E-state index < -0.39 is 16.1 Å². The molecule has 36 heavy (non-hydrogen) atoms. The summed E-state index contributed by atoms with van der Waals surface area (Å²) >= 11 is 0. The minimum atomic E-state index is -4.01. The summed E-state index contributed by atoms with van der Waals surface area (Å²) in [5, 5.41) is 10.7. The van der Waals surface area contributed by atoms with E-state index in [-0.39, 0.29) is 29.1 Å². The van der Waals surface area contributed by atoms with Crippen LogP contribution in [0.4, 0.5) is 0 Å². The first kappa shape index (κ1) is 27.7. The fraction of sp³-hybridized carbons (Fsp3) is 0.481. The van der Waals surface area contributed by atoms with Crippen molar-refractivity contribution in [3.8, 4) is 5.75 Å². The van der Waals surface area contributed by atoms with Gasteiger partial charge in [-0.3, -0.25) is 10.2 Å². The standard InChI is InChI=1S/C27H38N4O4S/c1-17-15-24(35-6)18(2)19(3)25(17)36(33,34)30-23(27(32)31(5)22-9-7-8-10-22)16-20-11-13-21(14-12-20)26(28)29-4/h11-15,22-23,30H,7-10,16H2,1-6H3,(H2,28,29)/t23-/m0/s1. The van der Waals surface area contributed by atoms with Crippen LogP contribution in [0.25, 0.3) is 0 Å². The van der Waals surface area contributed by atoms with E-state index in [1.54, 1.807) is 58.2 Å². The molecule has 0 heterocycles. The van der Waals surface area contributed by atoms with E-state index in [1.807, 2.05) is 19.1 Å². The molecule has 2 aromatic carbocycles. The number of nitrogens with one attached hydrogen (secondary N) is 3. The number of hydrogen-bond acceptors (Lipinski definition) is 5. The Morgan fingerprint density at radius 2 is 1.75 bits per heavy atom. The second kappa shape index (κ2) is 11.4. The number of carbonyl (C=O) groups is 1.